The summed E-state index contributed by atoms with van der Waals surface area (Å²) < 4.78 is 0. The smallest absolute Gasteiger partial charge is 0.210 e. The third-order valence-electron chi connectivity index (χ3n) is 2.50. The second-order valence-electron chi connectivity index (χ2n) is 3.06. The minimum Gasteiger partial charge on any atom is -0.290 e. The quantitative estimate of drug-likeness (QED) is 0.607. The summed E-state index contributed by atoms with van der Waals surface area (Å²) in [6.07, 6.45) is 0.726. The molecule has 0 saturated carbocycles. The maximum absolute atomic E-state index is 11.3. The second kappa shape index (κ2) is 2.26. The van der Waals surface area contributed by atoms with E-state index in [-0.39, 0.29) is 11.6 Å². The van der Waals surface area contributed by atoms with Gasteiger partial charge in [-0.05, 0) is 20.3 Å². The minimum absolute atomic E-state index is 0.0909. The Kier molecular flexibility index (Phi) is 1.66. The molecule has 11 heavy (non-hydrogen) atoms. The van der Waals surface area contributed by atoms with Crippen molar-refractivity contribution in [2.24, 2.45) is 10.4 Å². The molecule has 0 fully saturated rings. The monoisotopic (exact) mass is 152 g/mol. The van der Waals surface area contributed by atoms with Crippen LogP contribution in [0.4, 0.5) is 0 Å². The lowest BCUT2D eigenvalue weighted by molar-refractivity contribution is -0.117. The number of nitrogens with zero attached hydrogens (tertiary/aromatic N) is 1. The van der Waals surface area contributed by atoms with Crippen LogP contribution in [0.2, 0.25) is 0 Å². The lowest BCUT2D eigenvalue weighted by Gasteiger charge is -2.18. The molecule has 1 aliphatic heterocycles. The molecule has 0 aliphatic carbocycles. The van der Waals surface area contributed by atoms with Crippen molar-refractivity contribution in [3.63, 3.8) is 0 Å². The van der Waals surface area contributed by atoms with E-state index >= 15 is 0 Å². The average Bonchev–Trinajstić information content (AvgIpc) is 2.16. The van der Waals surface area contributed by atoms with Gasteiger partial charge in [0.25, 0.3) is 0 Å². The van der Waals surface area contributed by atoms with Crippen molar-refractivity contribution in [2.45, 2.75) is 27.2 Å². The molecule has 1 N–H and O–H groups in total. The van der Waals surface area contributed by atoms with Crippen LogP contribution < -0.4 is 0 Å². The summed E-state index contributed by atoms with van der Waals surface area (Å²) in [6, 6.07) is 0. The van der Waals surface area contributed by atoms with Gasteiger partial charge in [0.1, 0.15) is 0 Å². The number of rotatable bonds is 1. The Bertz CT molecular complexity index is 255. The lowest BCUT2D eigenvalue weighted by Crippen LogP contribution is -2.31. The summed E-state index contributed by atoms with van der Waals surface area (Å²) in [7, 11) is 0. The van der Waals surface area contributed by atoms with Crippen LogP contribution in [-0.4, -0.2) is 17.3 Å². The zero-order valence-corrected chi connectivity index (χ0v) is 7.06. The van der Waals surface area contributed by atoms with Crippen LogP contribution in [0.25, 0.3) is 0 Å². The molecular formula is C8H12N2O. The van der Waals surface area contributed by atoms with Crippen LogP contribution in [-0.2, 0) is 4.79 Å². The number of hydrogen-bond acceptors (Lipinski definition) is 2. The molecule has 0 saturated heterocycles. The highest BCUT2D eigenvalue weighted by atomic mass is 16.1. The molecule has 0 bridgehead atoms. The average molecular weight is 152 g/mol. The van der Waals surface area contributed by atoms with Crippen molar-refractivity contribution >= 4 is 17.3 Å². The van der Waals surface area contributed by atoms with Crippen molar-refractivity contribution in [3.05, 3.63) is 0 Å². The van der Waals surface area contributed by atoms with E-state index < -0.39 is 5.41 Å². The minimum atomic E-state index is -0.489. The van der Waals surface area contributed by atoms with Gasteiger partial charge in [-0.2, -0.15) is 0 Å². The molecule has 0 amide bonds. The van der Waals surface area contributed by atoms with Gasteiger partial charge in [0, 0.05) is 5.71 Å². The number of carbonyl (C=O) groups is 1. The zero-order valence-electron chi connectivity index (χ0n) is 7.06. The van der Waals surface area contributed by atoms with Crippen molar-refractivity contribution < 1.29 is 4.79 Å². The molecule has 60 valence electrons. The first-order chi connectivity index (χ1) is 5.02. The fourth-order valence-electron chi connectivity index (χ4n) is 1.18. The Labute approximate surface area is 66.0 Å². The van der Waals surface area contributed by atoms with Crippen LogP contribution in [0.3, 0.4) is 0 Å². The summed E-state index contributed by atoms with van der Waals surface area (Å²) >= 11 is 0. The van der Waals surface area contributed by atoms with Gasteiger partial charge in [-0.1, -0.05) is 6.92 Å². The highest BCUT2D eigenvalue weighted by molar-refractivity contribution is 6.49. The normalized spacial score (nSPS) is 31.0. The highest BCUT2D eigenvalue weighted by Crippen LogP contribution is 2.29. The first-order valence-electron chi connectivity index (χ1n) is 3.71. The van der Waals surface area contributed by atoms with E-state index in [4.69, 9.17) is 5.41 Å². The van der Waals surface area contributed by atoms with Crippen LogP contribution in [0.5, 0.6) is 0 Å². The number of hydrogen-bond donors (Lipinski definition) is 1. The number of ketones is 1. The molecule has 1 atom stereocenters. The summed E-state index contributed by atoms with van der Waals surface area (Å²) in [5.41, 5.74) is 0.284. The third kappa shape index (κ3) is 0.914. The Hall–Kier alpha value is -0.990. The van der Waals surface area contributed by atoms with Crippen LogP contribution in [0, 0.1) is 10.8 Å². The van der Waals surface area contributed by atoms with Gasteiger partial charge in [-0.15, -0.1) is 0 Å². The SMILES string of the molecule is CCC1(C)C(=O)C(=N)N=C1C. The highest BCUT2D eigenvalue weighted by Gasteiger charge is 2.41. The van der Waals surface area contributed by atoms with E-state index in [1.165, 1.54) is 0 Å². The van der Waals surface area contributed by atoms with Crippen molar-refractivity contribution in [1.29, 1.82) is 5.41 Å². The summed E-state index contributed by atoms with van der Waals surface area (Å²) in [4.78, 5) is 15.2. The molecule has 1 unspecified atom stereocenters. The fraction of sp³-hybridized carbons (Fsp3) is 0.625. The van der Waals surface area contributed by atoms with Gasteiger partial charge < -0.3 is 0 Å². The first kappa shape index (κ1) is 8.11. The zero-order chi connectivity index (χ0) is 8.65. The Balaban J connectivity index is 3.10. The maximum atomic E-state index is 11.3. The number of carbonyl (C=O) groups excluding carboxylic acids is 1. The maximum Gasteiger partial charge on any atom is 0.210 e. The second-order valence-corrected chi connectivity index (χ2v) is 3.06. The fourth-order valence-corrected chi connectivity index (χ4v) is 1.18. The number of Topliss-reactive ketones (excluding diaryl/α,β-unsaturated/α-hetero) is 1. The van der Waals surface area contributed by atoms with Gasteiger partial charge >= 0.3 is 0 Å². The predicted octanol–water partition coefficient (Wildman–Crippen LogP) is 1.42. The van der Waals surface area contributed by atoms with E-state index in [0.29, 0.717) is 0 Å². The van der Waals surface area contributed by atoms with Gasteiger partial charge in [0.15, 0.2) is 5.84 Å². The first-order valence-corrected chi connectivity index (χ1v) is 3.71. The molecule has 0 aromatic carbocycles. The molecule has 1 rings (SSSR count). The van der Waals surface area contributed by atoms with Crippen LogP contribution in [0.15, 0.2) is 4.99 Å². The van der Waals surface area contributed by atoms with E-state index in [1.54, 1.807) is 0 Å². The summed E-state index contributed by atoms with van der Waals surface area (Å²) in [5.74, 6) is -0.232. The molecule has 0 aromatic heterocycles. The van der Waals surface area contributed by atoms with Gasteiger partial charge in [0.2, 0.25) is 5.78 Å². The molecule has 0 radical (unpaired) electrons. The van der Waals surface area contributed by atoms with Crippen LogP contribution >= 0.6 is 0 Å². The van der Waals surface area contributed by atoms with Gasteiger partial charge in [0.05, 0.1) is 5.41 Å². The summed E-state index contributed by atoms with van der Waals surface area (Å²) in [6.45, 7) is 5.59. The van der Waals surface area contributed by atoms with E-state index in [1.807, 2.05) is 20.8 Å². The van der Waals surface area contributed by atoms with Gasteiger partial charge in [-0.25, -0.2) is 4.99 Å². The molecule has 1 heterocycles. The standard InChI is InChI=1S/C8H12N2O/c1-4-8(3)5(2)10-7(9)6(8)11/h9H,4H2,1-3H3. The van der Waals surface area contributed by atoms with Gasteiger partial charge in [-0.3, -0.25) is 10.2 Å². The predicted molar refractivity (Wildman–Crippen MR) is 44.2 cm³/mol. The largest absolute Gasteiger partial charge is 0.290 e. The number of amidine groups is 1. The summed E-state index contributed by atoms with van der Waals surface area (Å²) in [5, 5.41) is 7.21. The van der Waals surface area contributed by atoms with E-state index in [0.717, 1.165) is 12.1 Å². The topological polar surface area (TPSA) is 53.3 Å². The third-order valence-corrected chi connectivity index (χ3v) is 2.50. The Morgan fingerprint density at radius 1 is 1.64 bits per heavy atom. The number of nitrogens with one attached hydrogen (secondary N) is 1. The van der Waals surface area contributed by atoms with Crippen molar-refractivity contribution in [3.8, 4) is 0 Å². The number of aliphatic imine (C=N–C) groups is 1. The molecule has 3 nitrogen and oxygen atoms in total. The van der Waals surface area contributed by atoms with Crippen molar-refractivity contribution in [2.75, 3.05) is 0 Å². The van der Waals surface area contributed by atoms with E-state index in [9.17, 15) is 4.79 Å². The van der Waals surface area contributed by atoms with Crippen molar-refractivity contribution in [1.82, 2.24) is 0 Å². The molecular weight excluding hydrogens is 140 g/mol. The Morgan fingerprint density at radius 2 is 2.18 bits per heavy atom. The molecule has 3 heteroatoms. The van der Waals surface area contributed by atoms with Crippen LogP contribution in [0.1, 0.15) is 27.2 Å². The molecule has 0 spiro atoms. The lowest BCUT2D eigenvalue weighted by atomic mass is 9.81. The molecule has 0 aromatic rings. The molecule has 1 aliphatic rings. The Morgan fingerprint density at radius 3 is 2.36 bits per heavy atom. The van der Waals surface area contributed by atoms with E-state index in [2.05, 4.69) is 4.99 Å².